The van der Waals surface area contributed by atoms with E-state index in [1.54, 1.807) is 50.6 Å². The molecule has 1 N–H and O–H groups in total. The molecule has 0 fully saturated rings. The number of nitrogens with zero attached hydrogens (tertiary/aromatic N) is 2. The van der Waals surface area contributed by atoms with Gasteiger partial charge in [-0.1, -0.05) is 30.3 Å². The number of ether oxygens (including phenoxy) is 2. The number of amides is 3. The van der Waals surface area contributed by atoms with Gasteiger partial charge in [0.2, 0.25) is 5.91 Å². The molecular formula is C25H29N3O5. The van der Waals surface area contributed by atoms with Gasteiger partial charge in [0, 0.05) is 39.9 Å². The molecule has 0 aliphatic carbocycles. The third-order valence-corrected chi connectivity index (χ3v) is 5.36. The van der Waals surface area contributed by atoms with E-state index in [4.69, 9.17) is 9.47 Å². The highest BCUT2D eigenvalue weighted by Gasteiger charge is 2.42. The maximum absolute atomic E-state index is 13.7. The number of nitrogens with one attached hydrogen (secondary N) is 1. The lowest BCUT2D eigenvalue weighted by atomic mass is 10.0. The number of anilines is 2. The van der Waals surface area contributed by atoms with Crippen molar-refractivity contribution in [1.29, 1.82) is 0 Å². The summed E-state index contributed by atoms with van der Waals surface area (Å²) in [5.41, 5.74) is 3.19. The van der Waals surface area contributed by atoms with Crippen molar-refractivity contribution >= 4 is 34.7 Å². The van der Waals surface area contributed by atoms with Crippen LogP contribution in [0.15, 0.2) is 54.2 Å². The average molecular weight is 452 g/mol. The number of methoxy groups -OCH3 is 2. The Kier molecular flexibility index (Phi) is 7.97. The Hall–Kier alpha value is -3.49. The lowest BCUT2D eigenvalue weighted by molar-refractivity contribution is -0.121. The van der Waals surface area contributed by atoms with Gasteiger partial charge in [-0.25, -0.2) is 4.90 Å². The predicted octanol–water partition coefficient (Wildman–Crippen LogP) is 2.83. The van der Waals surface area contributed by atoms with E-state index in [0.717, 1.165) is 5.56 Å². The summed E-state index contributed by atoms with van der Waals surface area (Å²) in [7, 11) is 3.18. The lowest BCUT2D eigenvalue weighted by Gasteiger charge is -2.26. The molecule has 0 unspecified atom stereocenters. The molecule has 0 bridgehead atoms. The highest BCUT2D eigenvalue weighted by atomic mass is 16.5. The molecule has 3 rings (SSSR count). The van der Waals surface area contributed by atoms with Gasteiger partial charge < -0.3 is 19.7 Å². The molecular weight excluding hydrogens is 422 g/mol. The molecule has 0 saturated heterocycles. The molecule has 3 amide bonds. The van der Waals surface area contributed by atoms with Crippen molar-refractivity contribution in [2.45, 2.75) is 13.8 Å². The fraction of sp³-hybridized carbons (Fsp3) is 0.320. The van der Waals surface area contributed by atoms with Crippen LogP contribution < -0.4 is 10.2 Å². The first-order chi connectivity index (χ1) is 15.9. The van der Waals surface area contributed by atoms with Crippen LogP contribution in [0, 0.1) is 6.92 Å². The minimum atomic E-state index is -0.392. The molecule has 0 aromatic heterocycles. The van der Waals surface area contributed by atoms with Crippen molar-refractivity contribution < 1.29 is 23.9 Å². The third kappa shape index (κ3) is 5.30. The van der Waals surface area contributed by atoms with Gasteiger partial charge >= 0.3 is 0 Å². The standard InChI is InChI=1S/C25H29N3O5/c1-17-7-5-6-8-21(17)28-24(30)22(19-9-11-20(12-10-19)26-18(2)29)23(25(28)31)27(13-15-32-3)14-16-33-4/h5-12H,13-16H2,1-4H3,(H,26,29). The Balaban J connectivity index is 2.12. The van der Waals surface area contributed by atoms with Crippen LogP contribution in [-0.2, 0) is 23.9 Å². The normalized spacial score (nSPS) is 13.6. The quantitative estimate of drug-likeness (QED) is 0.559. The van der Waals surface area contributed by atoms with Gasteiger partial charge in [0.15, 0.2) is 0 Å². The van der Waals surface area contributed by atoms with E-state index in [0.29, 0.717) is 54.5 Å². The summed E-state index contributed by atoms with van der Waals surface area (Å²) in [5.74, 6) is -0.968. The van der Waals surface area contributed by atoms with Crippen molar-refractivity contribution in [2.24, 2.45) is 0 Å². The second-order valence-corrected chi connectivity index (χ2v) is 7.69. The van der Waals surface area contributed by atoms with Crippen LogP contribution in [0.25, 0.3) is 5.57 Å². The summed E-state index contributed by atoms with van der Waals surface area (Å²) >= 11 is 0. The van der Waals surface area contributed by atoms with Crippen LogP contribution in [0.1, 0.15) is 18.1 Å². The van der Waals surface area contributed by atoms with Crippen LogP contribution >= 0.6 is 0 Å². The van der Waals surface area contributed by atoms with Gasteiger partial charge in [0.05, 0.1) is 24.5 Å². The number of carbonyl (C=O) groups excluding carboxylic acids is 3. The fourth-order valence-corrected chi connectivity index (χ4v) is 3.77. The van der Waals surface area contributed by atoms with Crippen molar-refractivity contribution in [2.75, 3.05) is 50.7 Å². The Bertz CT molecular complexity index is 1050. The summed E-state index contributed by atoms with van der Waals surface area (Å²) in [4.78, 5) is 41.8. The Morgan fingerprint density at radius 2 is 1.55 bits per heavy atom. The second kappa shape index (κ2) is 10.9. The first-order valence-corrected chi connectivity index (χ1v) is 10.7. The lowest BCUT2D eigenvalue weighted by Crippen LogP contribution is -2.38. The molecule has 8 nitrogen and oxygen atoms in total. The van der Waals surface area contributed by atoms with Gasteiger partial charge in [-0.15, -0.1) is 0 Å². The molecule has 174 valence electrons. The molecule has 8 heteroatoms. The molecule has 0 radical (unpaired) electrons. The Labute approximate surface area is 193 Å². The Morgan fingerprint density at radius 3 is 2.09 bits per heavy atom. The van der Waals surface area contributed by atoms with E-state index < -0.39 is 5.91 Å². The fourth-order valence-electron chi connectivity index (χ4n) is 3.77. The van der Waals surface area contributed by atoms with Crippen molar-refractivity contribution in [3.05, 3.63) is 65.4 Å². The zero-order valence-electron chi connectivity index (χ0n) is 19.4. The van der Waals surface area contributed by atoms with Crippen LogP contribution in [0.4, 0.5) is 11.4 Å². The topological polar surface area (TPSA) is 88.2 Å². The van der Waals surface area contributed by atoms with E-state index in [2.05, 4.69) is 5.32 Å². The number of para-hydroxylation sites is 1. The predicted molar refractivity (Wildman–Crippen MR) is 127 cm³/mol. The number of imide groups is 1. The van der Waals surface area contributed by atoms with E-state index in [-0.39, 0.29) is 11.8 Å². The zero-order valence-corrected chi connectivity index (χ0v) is 19.4. The maximum atomic E-state index is 13.7. The monoisotopic (exact) mass is 451 g/mol. The van der Waals surface area contributed by atoms with Crippen molar-refractivity contribution in [3.63, 3.8) is 0 Å². The van der Waals surface area contributed by atoms with E-state index in [9.17, 15) is 14.4 Å². The molecule has 33 heavy (non-hydrogen) atoms. The van der Waals surface area contributed by atoms with Crippen LogP contribution in [0.3, 0.4) is 0 Å². The SMILES string of the molecule is COCCN(CCOC)C1=C(c2ccc(NC(C)=O)cc2)C(=O)N(c2ccccc2C)C1=O. The van der Waals surface area contributed by atoms with Crippen LogP contribution in [0.2, 0.25) is 0 Å². The van der Waals surface area contributed by atoms with E-state index in [1.165, 1.54) is 11.8 Å². The first kappa shape index (κ1) is 24.2. The van der Waals surface area contributed by atoms with Gasteiger partial charge in [-0.3, -0.25) is 14.4 Å². The van der Waals surface area contributed by atoms with Crippen molar-refractivity contribution in [3.8, 4) is 0 Å². The molecule has 0 spiro atoms. The number of hydrogen-bond donors (Lipinski definition) is 1. The van der Waals surface area contributed by atoms with Gasteiger partial charge in [0.1, 0.15) is 5.70 Å². The molecule has 1 aliphatic rings. The largest absolute Gasteiger partial charge is 0.383 e. The molecule has 0 atom stereocenters. The van der Waals surface area contributed by atoms with Gasteiger partial charge in [0.25, 0.3) is 11.8 Å². The molecule has 1 heterocycles. The average Bonchev–Trinajstić information content (AvgIpc) is 3.04. The smallest absolute Gasteiger partial charge is 0.282 e. The maximum Gasteiger partial charge on any atom is 0.282 e. The minimum absolute atomic E-state index is 0.189. The highest BCUT2D eigenvalue weighted by Crippen LogP contribution is 2.36. The highest BCUT2D eigenvalue weighted by molar-refractivity contribution is 6.45. The number of aryl methyl sites for hydroxylation is 1. The zero-order chi connectivity index (χ0) is 24.0. The summed E-state index contributed by atoms with van der Waals surface area (Å²) < 4.78 is 10.5. The Morgan fingerprint density at radius 1 is 0.939 bits per heavy atom. The summed E-state index contributed by atoms with van der Waals surface area (Å²) in [6.45, 7) is 4.90. The molecule has 2 aromatic rings. The second-order valence-electron chi connectivity index (χ2n) is 7.69. The third-order valence-electron chi connectivity index (χ3n) is 5.36. The molecule has 2 aromatic carbocycles. The number of benzene rings is 2. The van der Waals surface area contributed by atoms with E-state index >= 15 is 0 Å². The summed E-state index contributed by atoms with van der Waals surface area (Å²) in [6.07, 6.45) is 0. The first-order valence-electron chi connectivity index (χ1n) is 10.7. The van der Waals surface area contributed by atoms with Crippen LogP contribution in [-0.4, -0.2) is 63.1 Å². The summed E-state index contributed by atoms with van der Waals surface area (Å²) in [6, 6.07) is 14.2. The summed E-state index contributed by atoms with van der Waals surface area (Å²) in [5, 5.41) is 2.71. The van der Waals surface area contributed by atoms with E-state index in [1.807, 2.05) is 24.0 Å². The molecule has 1 aliphatic heterocycles. The number of rotatable bonds is 10. The number of carbonyl (C=O) groups is 3. The van der Waals surface area contributed by atoms with Gasteiger partial charge in [-0.05, 0) is 36.2 Å². The van der Waals surface area contributed by atoms with Gasteiger partial charge in [-0.2, -0.15) is 0 Å². The molecule has 0 saturated carbocycles. The van der Waals surface area contributed by atoms with Crippen LogP contribution in [0.5, 0.6) is 0 Å². The number of hydrogen-bond acceptors (Lipinski definition) is 6. The van der Waals surface area contributed by atoms with Crippen molar-refractivity contribution in [1.82, 2.24) is 4.90 Å². The minimum Gasteiger partial charge on any atom is -0.383 e.